The molecule has 106 valence electrons. The zero-order valence-corrected chi connectivity index (χ0v) is 10.9. The van der Waals surface area contributed by atoms with Crippen molar-refractivity contribution in [3.63, 3.8) is 0 Å². The molecule has 1 saturated heterocycles. The number of imidazole rings is 1. The van der Waals surface area contributed by atoms with Crippen LogP contribution in [0.25, 0.3) is 11.0 Å². The lowest BCUT2D eigenvalue weighted by atomic mass is 10.1. The summed E-state index contributed by atoms with van der Waals surface area (Å²) in [6.07, 6.45) is 4.02. The van der Waals surface area contributed by atoms with Crippen molar-refractivity contribution < 1.29 is 19.0 Å². The second kappa shape index (κ2) is 5.20. The molecule has 0 radical (unpaired) electrons. The van der Waals surface area contributed by atoms with Crippen LogP contribution in [-0.2, 0) is 11.2 Å². The fourth-order valence-electron chi connectivity index (χ4n) is 2.54. The Labute approximate surface area is 114 Å². The van der Waals surface area contributed by atoms with Gasteiger partial charge in [-0.1, -0.05) is 0 Å². The van der Waals surface area contributed by atoms with E-state index in [0.29, 0.717) is 17.5 Å². The van der Waals surface area contributed by atoms with Gasteiger partial charge in [0.2, 0.25) is 0 Å². The molecule has 2 N–H and O–H groups in total. The van der Waals surface area contributed by atoms with Crippen LogP contribution >= 0.6 is 0 Å². The first-order chi connectivity index (χ1) is 9.63. The highest BCUT2D eigenvalue weighted by Gasteiger charge is 2.17. The Morgan fingerprint density at radius 3 is 3.10 bits per heavy atom. The lowest BCUT2D eigenvalue weighted by Crippen LogP contribution is -2.06. The fourth-order valence-corrected chi connectivity index (χ4v) is 2.54. The van der Waals surface area contributed by atoms with E-state index >= 15 is 0 Å². The molecular formula is C14H15FN2O3. The topological polar surface area (TPSA) is 75.2 Å². The van der Waals surface area contributed by atoms with Crippen LogP contribution in [0.3, 0.4) is 0 Å². The van der Waals surface area contributed by atoms with Crippen LogP contribution in [0.2, 0.25) is 0 Å². The Kier molecular flexibility index (Phi) is 3.40. The number of hydrogen-bond acceptors (Lipinski definition) is 3. The lowest BCUT2D eigenvalue weighted by Gasteiger charge is -2.06. The minimum absolute atomic E-state index is 0.273. The van der Waals surface area contributed by atoms with Crippen molar-refractivity contribution in [1.82, 2.24) is 9.97 Å². The second-order valence-electron chi connectivity index (χ2n) is 5.01. The van der Waals surface area contributed by atoms with E-state index in [9.17, 15) is 9.18 Å². The molecule has 2 aromatic rings. The first-order valence-corrected chi connectivity index (χ1v) is 6.66. The Balaban J connectivity index is 1.81. The van der Waals surface area contributed by atoms with Crippen LogP contribution in [0.4, 0.5) is 4.39 Å². The van der Waals surface area contributed by atoms with Crippen molar-refractivity contribution in [2.45, 2.75) is 31.8 Å². The van der Waals surface area contributed by atoms with Crippen LogP contribution in [0, 0.1) is 5.82 Å². The van der Waals surface area contributed by atoms with Crippen LogP contribution in [0.5, 0.6) is 0 Å². The van der Waals surface area contributed by atoms with E-state index in [1.54, 1.807) is 0 Å². The number of aromatic carboxylic acids is 1. The number of rotatable bonds is 4. The van der Waals surface area contributed by atoms with Gasteiger partial charge in [0.25, 0.3) is 0 Å². The maximum absolute atomic E-state index is 13.6. The third kappa shape index (κ3) is 2.51. The number of nitrogens with zero attached hydrogens (tertiary/aromatic N) is 1. The average Bonchev–Trinajstić information content (AvgIpc) is 3.03. The molecule has 1 aliphatic rings. The summed E-state index contributed by atoms with van der Waals surface area (Å²) >= 11 is 0. The standard InChI is InChI=1S/C14H15FN2O3/c15-10-7-12-11(6-9(10)14(18)19)16-13(17-12)4-3-8-2-1-5-20-8/h6-8H,1-5H2,(H,16,17)(H,18,19). The average molecular weight is 278 g/mol. The molecule has 0 aliphatic carbocycles. The van der Waals surface area contributed by atoms with Gasteiger partial charge in [0.05, 0.1) is 22.7 Å². The summed E-state index contributed by atoms with van der Waals surface area (Å²) in [5, 5.41) is 8.88. The number of carboxylic acids is 1. The van der Waals surface area contributed by atoms with Gasteiger partial charge >= 0.3 is 5.97 Å². The van der Waals surface area contributed by atoms with Crippen molar-refractivity contribution in [2.75, 3.05) is 6.61 Å². The van der Waals surface area contributed by atoms with E-state index in [-0.39, 0.29) is 11.7 Å². The van der Waals surface area contributed by atoms with Gasteiger partial charge in [-0.3, -0.25) is 0 Å². The zero-order valence-electron chi connectivity index (χ0n) is 10.9. The first-order valence-electron chi connectivity index (χ1n) is 6.66. The Morgan fingerprint density at radius 1 is 1.55 bits per heavy atom. The molecule has 6 heteroatoms. The molecule has 1 aromatic carbocycles. The molecule has 1 fully saturated rings. The summed E-state index contributed by atoms with van der Waals surface area (Å²) in [4.78, 5) is 18.2. The number of carboxylic acid groups (broad SMARTS) is 1. The molecule has 3 rings (SSSR count). The van der Waals surface area contributed by atoms with Crippen molar-refractivity contribution in [2.24, 2.45) is 0 Å². The summed E-state index contributed by atoms with van der Waals surface area (Å²) in [5.74, 6) is -1.30. The number of aromatic nitrogens is 2. The number of nitrogens with one attached hydrogen (secondary N) is 1. The Hall–Kier alpha value is -1.95. The highest BCUT2D eigenvalue weighted by molar-refractivity contribution is 5.92. The van der Waals surface area contributed by atoms with Gasteiger partial charge in [-0.2, -0.15) is 0 Å². The van der Waals surface area contributed by atoms with Crippen LogP contribution in [-0.4, -0.2) is 33.8 Å². The number of aromatic amines is 1. The van der Waals surface area contributed by atoms with E-state index in [1.807, 2.05) is 0 Å². The Morgan fingerprint density at radius 2 is 2.40 bits per heavy atom. The van der Waals surface area contributed by atoms with E-state index in [1.165, 1.54) is 12.1 Å². The molecular weight excluding hydrogens is 263 g/mol. The largest absolute Gasteiger partial charge is 0.478 e. The summed E-state index contributed by atoms with van der Waals surface area (Å²) in [6.45, 7) is 0.817. The number of carbonyl (C=O) groups is 1. The van der Waals surface area contributed by atoms with Crippen molar-refractivity contribution in [3.05, 3.63) is 29.3 Å². The summed E-state index contributed by atoms with van der Waals surface area (Å²) in [6, 6.07) is 2.44. The number of ether oxygens (including phenoxy) is 1. The zero-order chi connectivity index (χ0) is 14.1. The molecule has 1 aromatic heterocycles. The molecule has 0 spiro atoms. The highest BCUT2D eigenvalue weighted by atomic mass is 19.1. The molecule has 5 nitrogen and oxygen atoms in total. The molecule has 2 heterocycles. The SMILES string of the molecule is O=C(O)c1cc2nc(CCC3CCCO3)[nH]c2cc1F. The summed E-state index contributed by atoms with van der Waals surface area (Å²) in [5.41, 5.74) is 0.649. The highest BCUT2D eigenvalue weighted by Crippen LogP contribution is 2.20. The van der Waals surface area contributed by atoms with E-state index in [2.05, 4.69) is 9.97 Å². The fraction of sp³-hybridized carbons (Fsp3) is 0.429. The molecule has 1 aliphatic heterocycles. The summed E-state index contributed by atoms with van der Waals surface area (Å²) < 4.78 is 19.1. The van der Waals surface area contributed by atoms with Crippen molar-refractivity contribution in [1.29, 1.82) is 0 Å². The monoisotopic (exact) mass is 278 g/mol. The molecule has 20 heavy (non-hydrogen) atoms. The van der Waals surface area contributed by atoms with Crippen molar-refractivity contribution in [3.8, 4) is 0 Å². The van der Waals surface area contributed by atoms with Crippen LogP contribution in [0.15, 0.2) is 12.1 Å². The minimum Gasteiger partial charge on any atom is -0.478 e. The van der Waals surface area contributed by atoms with E-state index < -0.39 is 11.8 Å². The smallest absolute Gasteiger partial charge is 0.338 e. The van der Waals surface area contributed by atoms with Gasteiger partial charge in [0.1, 0.15) is 11.6 Å². The number of aryl methyl sites for hydroxylation is 1. The van der Waals surface area contributed by atoms with Gasteiger partial charge in [0.15, 0.2) is 0 Å². The Bertz CT molecular complexity index is 647. The lowest BCUT2D eigenvalue weighted by molar-refractivity contribution is 0.0692. The van der Waals surface area contributed by atoms with E-state index in [4.69, 9.17) is 9.84 Å². The number of H-pyrrole nitrogens is 1. The van der Waals surface area contributed by atoms with Crippen LogP contribution in [0.1, 0.15) is 35.4 Å². The molecule has 0 amide bonds. The molecule has 1 atom stereocenters. The van der Waals surface area contributed by atoms with Crippen molar-refractivity contribution >= 4 is 17.0 Å². The maximum Gasteiger partial charge on any atom is 0.338 e. The van der Waals surface area contributed by atoms with Gasteiger partial charge in [-0.15, -0.1) is 0 Å². The normalized spacial score (nSPS) is 18.8. The molecule has 1 unspecified atom stereocenters. The maximum atomic E-state index is 13.6. The molecule has 0 saturated carbocycles. The number of hydrogen-bond donors (Lipinski definition) is 2. The van der Waals surface area contributed by atoms with Crippen LogP contribution < -0.4 is 0 Å². The third-order valence-electron chi connectivity index (χ3n) is 3.58. The van der Waals surface area contributed by atoms with Gasteiger partial charge in [-0.25, -0.2) is 14.2 Å². The third-order valence-corrected chi connectivity index (χ3v) is 3.58. The summed E-state index contributed by atoms with van der Waals surface area (Å²) in [7, 11) is 0. The quantitative estimate of drug-likeness (QED) is 0.901. The van der Waals surface area contributed by atoms with E-state index in [0.717, 1.165) is 31.7 Å². The van der Waals surface area contributed by atoms with Gasteiger partial charge < -0.3 is 14.8 Å². The minimum atomic E-state index is -1.28. The molecule has 0 bridgehead atoms. The predicted octanol–water partition coefficient (Wildman–Crippen LogP) is 2.51. The second-order valence-corrected chi connectivity index (χ2v) is 5.01. The van der Waals surface area contributed by atoms with Gasteiger partial charge in [0, 0.05) is 19.1 Å². The predicted molar refractivity (Wildman–Crippen MR) is 70.3 cm³/mol. The first kappa shape index (κ1) is 13.1. The number of benzene rings is 1. The number of halogens is 1. The van der Waals surface area contributed by atoms with Gasteiger partial charge in [-0.05, 0) is 25.3 Å². The number of fused-ring (bicyclic) bond motifs is 1.